The minimum atomic E-state index is -2.53. The molecule has 0 bridgehead atoms. The first-order chi connectivity index (χ1) is 15.4. The molecule has 0 saturated carbocycles. The second-order valence-corrected chi connectivity index (χ2v) is 9.10. The van der Waals surface area contributed by atoms with Crippen LogP contribution in [0.5, 0.6) is 0 Å². The zero-order chi connectivity index (χ0) is 22.7. The van der Waals surface area contributed by atoms with Crippen molar-refractivity contribution in [3.05, 3.63) is 40.9 Å². The van der Waals surface area contributed by atoms with Crippen LogP contribution in [-0.4, -0.2) is 51.5 Å². The van der Waals surface area contributed by atoms with Crippen molar-refractivity contribution in [1.29, 1.82) is 0 Å². The number of rotatable bonds is 8. The summed E-state index contributed by atoms with van der Waals surface area (Å²) in [7, 11) is 0. The molecule has 6 nitrogen and oxygen atoms in total. The van der Waals surface area contributed by atoms with Gasteiger partial charge in [0.25, 0.3) is 6.43 Å². The summed E-state index contributed by atoms with van der Waals surface area (Å²) >= 11 is 0. The lowest BCUT2D eigenvalue weighted by Crippen LogP contribution is -2.30. The predicted molar refractivity (Wildman–Crippen MR) is 120 cm³/mol. The first kappa shape index (κ1) is 22.8. The minimum Gasteiger partial charge on any atom is -0.350 e. The van der Waals surface area contributed by atoms with Crippen LogP contribution in [0.1, 0.15) is 67.2 Å². The molecule has 0 spiro atoms. The quantitative estimate of drug-likeness (QED) is 0.620. The molecule has 1 aliphatic heterocycles. The predicted octanol–water partition coefficient (Wildman–Crippen LogP) is 4.15. The van der Waals surface area contributed by atoms with Crippen molar-refractivity contribution < 1.29 is 13.6 Å². The maximum absolute atomic E-state index is 12.3. The van der Waals surface area contributed by atoms with E-state index in [1.165, 1.54) is 25.7 Å². The van der Waals surface area contributed by atoms with Crippen molar-refractivity contribution in [3.8, 4) is 0 Å². The van der Waals surface area contributed by atoms with Crippen molar-refractivity contribution in [3.63, 3.8) is 0 Å². The number of nitrogens with zero attached hydrogens (tertiary/aromatic N) is 4. The molecular formula is C24H33F2N5O. The number of carbonyl (C=O) groups is 1. The van der Waals surface area contributed by atoms with E-state index in [4.69, 9.17) is 10.1 Å². The van der Waals surface area contributed by atoms with E-state index in [1.54, 1.807) is 0 Å². The average molecular weight is 446 g/mol. The summed E-state index contributed by atoms with van der Waals surface area (Å²) in [6, 6.07) is 2.42. The summed E-state index contributed by atoms with van der Waals surface area (Å²) in [6.45, 7) is 5.55. The largest absolute Gasteiger partial charge is 0.350 e. The van der Waals surface area contributed by atoms with Crippen LogP contribution in [0.3, 0.4) is 0 Å². The number of aromatic nitrogens is 3. The number of likely N-dealkylation sites (tertiary alicyclic amines) is 1. The number of allylic oxidation sites excluding steroid dienone is 2. The molecule has 1 aliphatic carbocycles. The highest BCUT2D eigenvalue weighted by Crippen LogP contribution is 2.34. The van der Waals surface area contributed by atoms with Crippen molar-refractivity contribution in [2.75, 3.05) is 19.6 Å². The fraction of sp³-hybridized carbons (Fsp3) is 0.625. The average Bonchev–Trinajstić information content (AvgIpc) is 3.39. The summed E-state index contributed by atoms with van der Waals surface area (Å²) in [5, 5.41) is 7.19. The second-order valence-electron chi connectivity index (χ2n) is 9.10. The van der Waals surface area contributed by atoms with E-state index in [1.807, 2.05) is 18.4 Å². The molecule has 1 fully saturated rings. The number of carbonyl (C=O) groups excluding carboxylic acids is 1. The van der Waals surface area contributed by atoms with E-state index in [2.05, 4.69) is 28.4 Å². The lowest BCUT2D eigenvalue weighted by atomic mass is 9.93. The number of halogens is 2. The molecule has 1 N–H and O–H groups in total. The molecule has 2 aliphatic rings. The van der Waals surface area contributed by atoms with Gasteiger partial charge in [-0.25, -0.2) is 18.3 Å². The number of hydrogen-bond donors (Lipinski definition) is 1. The zero-order valence-electron chi connectivity index (χ0n) is 19.0. The van der Waals surface area contributed by atoms with Crippen LogP contribution < -0.4 is 5.32 Å². The van der Waals surface area contributed by atoms with Crippen molar-refractivity contribution in [2.45, 2.75) is 71.3 Å². The van der Waals surface area contributed by atoms with Gasteiger partial charge in [0.1, 0.15) is 0 Å². The van der Waals surface area contributed by atoms with Crippen LogP contribution in [0.2, 0.25) is 0 Å². The zero-order valence-corrected chi connectivity index (χ0v) is 19.0. The van der Waals surface area contributed by atoms with Gasteiger partial charge in [0.2, 0.25) is 5.91 Å². The van der Waals surface area contributed by atoms with Crippen LogP contribution in [0.4, 0.5) is 8.78 Å². The summed E-state index contributed by atoms with van der Waals surface area (Å²) in [6.07, 6.45) is 8.59. The number of amides is 1. The highest BCUT2D eigenvalue weighted by Gasteiger charge is 2.30. The van der Waals surface area contributed by atoms with Gasteiger partial charge in [-0.3, -0.25) is 9.69 Å². The molecule has 0 unspecified atom stereocenters. The van der Waals surface area contributed by atoms with Gasteiger partial charge in [0, 0.05) is 30.4 Å². The summed E-state index contributed by atoms with van der Waals surface area (Å²) in [4.78, 5) is 19.2. The Labute approximate surface area is 188 Å². The molecule has 2 aromatic rings. The summed E-state index contributed by atoms with van der Waals surface area (Å²) in [5.74, 6) is 0.354. The third kappa shape index (κ3) is 5.17. The molecule has 0 aromatic carbocycles. The van der Waals surface area contributed by atoms with Crippen LogP contribution in [0.25, 0.3) is 5.65 Å². The van der Waals surface area contributed by atoms with E-state index < -0.39 is 13.0 Å². The normalized spacial score (nSPS) is 21.7. The molecule has 3 heterocycles. The minimum absolute atomic E-state index is 0.155. The van der Waals surface area contributed by atoms with Gasteiger partial charge in [0.05, 0.1) is 18.3 Å². The monoisotopic (exact) mass is 445 g/mol. The fourth-order valence-corrected chi connectivity index (χ4v) is 5.12. The maximum Gasteiger partial charge on any atom is 0.255 e. The van der Waals surface area contributed by atoms with Crippen molar-refractivity contribution in [2.24, 2.45) is 5.92 Å². The Bertz CT molecular complexity index is 986. The van der Waals surface area contributed by atoms with Gasteiger partial charge in [0.15, 0.2) is 5.65 Å². The summed E-state index contributed by atoms with van der Waals surface area (Å²) in [5.41, 5.74) is 4.67. The van der Waals surface area contributed by atoms with E-state index in [9.17, 15) is 13.6 Å². The Morgan fingerprint density at radius 3 is 2.88 bits per heavy atom. The van der Waals surface area contributed by atoms with E-state index in [0.29, 0.717) is 12.5 Å². The standard InChI is InChI=1S/C24H33F2N5O/c1-16-19(10-11-24(32)27-14-22(25)26)17(2)31-23(28-16)13-20(29-31)21-9-6-12-30(21)15-18-7-4-3-5-8-18/h3-4,13,18,21-22H,5-12,14-15H2,1-2H3,(H,27,32)/t18-,21-/m1/s1. The molecular weight excluding hydrogens is 412 g/mol. The van der Waals surface area contributed by atoms with Crippen LogP contribution >= 0.6 is 0 Å². The number of aryl methyl sites for hydroxylation is 2. The first-order valence-corrected chi connectivity index (χ1v) is 11.7. The smallest absolute Gasteiger partial charge is 0.255 e. The molecule has 1 saturated heterocycles. The lowest BCUT2D eigenvalue weighted by molar-refractivity contribution is -0.121. The second kappa shape index (κ2) is 10.1. The third-order valence-electron chi connectivity index (χ3n) is 6.81. The first-order valence-electron chi connectivity index (χ1n) is 11.7. The molecule has 2 aromatic heterocycles. The third-order valence-corrected chi connectivity index (χ3v) is 6.81. The molecule has 1 amide bonds. The molecule has 8 heteroatoms. The van der Waals surface area contributed by atoms with Gasteiger partial charge in [-0.05, 0) is 70.4 Å². The molecule has 4 rings (SSSR count). The number of hydrogen-bond acceptors (Lipinski definition) is 4. The van der Waals surface area contributed by atoms with Gasteiger partial charge in [-0.15, -0.1) is 0 Å². The van der Waals surface area contributed by atoms with E-state index >= 15 is 0 Å². The van der Waals surface area contributed by atoms with Gasteiger partial charge >= 0.3 is 0 Å². The molecule has 0 radical (unpaired) electrons. The Kier molecular flexibility index (Phi) is 7.18. The van der Waals surface area contributed by atoms with Crippen molar-refractivity contribution in [1.82, 2.24) is 24.8 Å². The number of alkyl halides is 2. The van der Waals surface area contributed by atoms with Crippen LogP contribution in [-0.2, 0) is 11.2 Å². The SMILES string of the molecule is Cc1nc2cc([C@H]3CCCN3C[C@@H]3CC=CCC3)nn2c(C)c1CCC(=O)NCC(F)F. The lowest BCUT2D eigenvalue weighted by Gasteiger charge is -2.28. The van der Waals surface area contributed by atoms with Gasteiger partial charge in [-0.1, -0.05) is 12.2 Å². The van der Waals surface area contributed by atoms with Gasteiger partial charge < -0.3 is 5.32 Å². The molecule has 174 valence electrons. The number of nitrogens with one attached hydrogen (secondary N) is 1. The van der Waals surface area contributed by atoms with Gasteiger partial charge in [-0.2, -0.15) is 5.10 Å². The maximum atomic E-state index is 12.3. The van der Waals surface area contributed by atoms with Crippen molar-refractivity contribution >= 4 is 11.6 Å². The van der Waals surface area contributed by atoms with Crippen LogP contribution in [0, 0.1) is 19.8 Å². The van der Waals surface area contributed by atoms with E-state index in [0.717, 1.165) is 53.7 Å². The number of fused-ring (bicyclic) bond motifs is 1. The Balaban J connectivity index is 1.49. The Hall–Kier alpha value is -2.35. The molecule has 32 heavy (non-hydrogen) atoms. The fourth-order valence-electron chi connectivity index (χ4n) is 5.12. The molecule has 2 atom stereocenters. The Morgan fingerprint density at radius 1 is 1.28 bits per heavy atom. The highest BCUT2D eigenvalue weighted by atomic mass is 19.3. The summed E-state index contributed by atoms with van der Waals surface area (Å²) < 4.78 is 26.5. The Morgan fingerprint density at radius 2 is 2.12 bits per heavy atom. The topological polar surface area (TPSA) is 62.5 Å². The highest BCUT2D eigenvalue weighted by molar-refractivity contribution is 5.76. The van der Waals surface area contributed by atoms with Crippen LogP contribution in [0.15, 0.2) is 18.2 Å². The van der Waals surface area contributed by atoms with E-state index in [-0.39, 0.29) is 12.3 Å².